The molecule has 2 nitrogen and oxygen atoms in total. The van der Waals surface area contributed by atoms with Crippen LogP contribution in [0.1, 0.15) is 19.4 Å². The van der Waals surface area contributed by atoms with Crippen LogP contribution in [0, 0.1) is 5.82 Å². The zero-order valence-corrected chi connectivity index (χ0v) is 10.4. The summed E-state index contributed by atoms with van der Waals surface area (Å²) in [6, 6.07) is 4.97. The zero-order valence-electron chi connectivity index (χ0n) is 9.69. The second kappa shape index (κ2) is 6.84. The normalized spacial score (nSPS) is 11.1. The minimum absolute atomic E-state index is 0.296. The van der Waals surface area contributed by atoms with Crippen LogP contribution in [0.15, 0.2) is 18.2 Å². The highest BCUT2D eigenvalue weighted by Gasteiger charge is 2.01. The first-order chi connectivity index (χ1) is 7.59. The molecule has 0 unspecified atom stereocenters. The number of hydrogen-bond donors (Lipinski definition) is 2. The van der Waals surface area contributed by atoms with E-state index in [2.05, 4.69) is 24.5 Å². The van der Waals surface area contributed by atoms with E-state index in [4.69, 9.17) is 11.6 Å². The fourth-order valence-electron chi connectivity index (χ4n) is 1.34. The van der Waals surface area contributed by atoms with Crippen molar-refractivity contribution in [3.8, 4) is 0 Å². The van der Waals surface area contributed by atoms with Gasteiger partial charge in [-0.2, -0.15) is 0 Å². The van der Waals surface area contributed by atoms with Gasteiger partial charge < -0.3 is 10.6 Å². The van der Waals surface area contributed by atoms with Crippen molar-refractivity contribution in [1.29, 1.82) is 0 Å². The molecule has 0 aliphatic heterocycles. The standard InChI is InChI=1S/C12H18ClFN2/c1-9(2)16-6-5-15-8-10-3-4-11(14)7-12(10)13/h3-4,7,9,15-16H,5-6,8H2,1-2H3. The van der Waals surface area contributed by atoms with Crippen molar-refractivity contribution in [2.75, 3.05) is 13.1 Å². The number of nitrogens with one attached hydrogen (secondary N) is 2. The monoisotopic (exact) mass is 244 g/mol. The quantitative estimate of drug-likeness (QED) is 0.752. The summed E-state index contributed by atoms with van der Waals surface area (Å²) in [5, 5.41) is 7.02. The summed E-state index contributed by atoms with van der Waals surface area (Å²) in [5.74, 6) is -0.296. The maximum absolute atomic E-state index is 12.8. The highest BCUT2D eigenvalue weighted by atomic mass is 35.5. The van der Waals surface area contributed by atoms with E-state index in [0.717, 1.165) is 18.7 Å². The van der Waals surface area contributed by atoms with Crippen LogP contribution in [-0.2, 0) is 6.54 Å². The van der Waals surface area contributed by atoms with Crippen LogP contribution in [0.2, 0.25) is 5.02 Å². The van der Waals surface area contributed by atoms with E-state index < -0.39 is 0 Å². The fraction of sp³-hybridized carbons (Fsp3) is 0.500. The molecule has 0 aliphatic carbocycles. The first-order valence-corrected chi connectivity index (χ1v) is 5.85. The molecule has 0 atom stereocenters. The maximum Gasteiger partial charge on any atom is 0.124 e. The average Bonchev–Trinajstić information content (AvgIpc) is 2.20. The molecular formula is C12H18ClFN2. The lowest BCUT2D eigenvalue weighted by atomic mass is 10.2. The van der Waals surface area contributed by atoms with E-state index in [9.17, 15) is 4.39 Å². The summed E-state index contributed by atoms with van der Waals surface area (Å²) in [6.45, 7) is 6.66. The van der Waals surface area contributed by atoms with E-state index in [-0.39, 0.29) is 5.82 Å². The van der Waals surface area contributed by atoms with Crippen LogP contribution >= 0.6 is 11.6 Å². The Bertz CT molecular complexity index is 329. The molecule has 1 aromatic carbocycles. The van der Waals surface area contributed by atoms with Gasteiger partial charge in [-0.25, -0.2) is 4.39 Å². The molecule has 4 heteroatoms. The number of benzene rings is 1. The number of halogens is 2. The molecule has 1 aromatic rings. The highest BCUT2D eigenvalue weighted by molar-refractivity contribution is 6.31. The van der Waals surface area contributed by atoms with Gasteiger partial charge in [0.1, 0.15) is 5.82 Å². The largest absolute Gasteiger partial charge is 0.313 e. The smallest absolute Gasteiger partial charge is 0.124 e. The van der Waals surface area contributed by atoms with Crippen LogP contribution < -0.4 is 10.6 Å². The Balaban J connectivity index is 2.27. The minimum atomic E-state index is -0.296. The van der Waals surface area contributed by atoms with Crippen molar-refractivity contribution in [2.24, 2.45) is 0 Å². The summed E-state index contributed by atoms with van der Waals surface area (Å²) >= 11 is 5.90. The molecule has 0 fully saturated rings. The van der Waals surface area contributed by atoms with Crippen LogP contribution in [0.5, 0.6) is 0 Å². The number of rotatable bonds is 6. The molecule has 0 bridgehead atoms. The van der Waals surface area contributed by atoms with Crippen molar-refractivity contribution >= 4 is 11.6 Å². The van der Waals surface area contributed by atoms with Gasteiger partial charge in [0.25, 0.3) is 0 Å². The molecule has 0 spiro atoms. The lowest BCUT2D eigenvalue weighted by Crippen LogP contribution is -2.31. The molecule has 2 N–H and O–H groups in total. The minimum Gasteiger partial charge on any atom is -0.313 e. The molecule has 0 saturated carbocycles. The molecule has 0 heterocycles. The predicted octanol–water partition coefficient (Wildman–Crippen LogP) is 2.57. The van der Waals surface area contributed by atoms with Crippen molar-refractivity contribution in [2.45, 2.75) is 26.4 Å². The van der Waals surface area contributed by atoms with Crippen LogP contribution in [-0.4, -0.2) is 19.1 Å². The van der Waals surface area contributed by atoms with Crippen molar-refractivity contribution in [3.05, 3.63) is 34.6 Å². The molecule has 0 aromatic heterocycles. The Hall–Kier alpha value is -0.640. The first kappa shape index (κ1) is 13.4. The number of hydrogen-bond acceptors (Lipinski definition) is 2. The third kappa shape index (κ3) is 4.92. The van der Waals surface area contributed by atoms with Gasteiger partial charge in [0.05, 0.1) is 0 Å². The van der Waals surface area contributed by atoms with E-state index in [1.54, 1.807) is 6.07 Å². The second-order valence-corrected chi connectivity index (χ2v) is 4.43. The second-order valence-electron chi connectivity index (χ2n) is 4.02. The molecule has 0 aliphatic rings. The lowest BCUT2D eigenvalue weighted by Gasteiger charge is -2.09. The van der Waals surface area contributed by atoms with Gasteiger partial charge >= 0.3 is 0 Å². The van der Waals surface area contributed by atoms with Crippen LogP contribution in [0.4, 0.5) is 4.39 Å². The summed E-state index contributed by atoms with van der Waals surface area (Å²) < 4.78 is 12.8. The van der Waals surface area contributed by atoms with Crippen LogP contribution in [0.25, 0.3) is 0 Å². The Morgan fingerprint density at radius 3 is 2.69 bits per heavy atom. The van der Waals surface area contributed by atoms with Gasteiger partial charge in [-0.15, -0.1) is 0 Å². The van der Waals surface area contributed by atoms with E-state index in [1.165, 1.54) is 12.1 Å². The van der Waals surface area contributed by atoms with Crippen molar-refractivity contribution in [3.63, 3.8) is 0 Å². The van der Waals surface area contributed by atoms with Gasteiger partial charge in [-0.3, -0.25) is 0 Å². The zero-order chi connectivity index (χ0) is 12.0. The highest BCUT2D eigenvalue weighted by Crippen LogP contribution is 2.16. The van der Waals surface area contributed by atoms with Gasteiger partial charge in [-0.1, -0.05) is 31.5 Å². The Morgan fingerprint density at radius 2 is 2.06 bits per heavy atom. The van der Waals surface area contributed by atoms with Gasteiger partial charge in [0.15, 0.2) is 0 Å². The fourth-order valence-corrected chi connectivity index (χ4v) is 1.57. The van der Waals surface area contributed by atoms with E-state index in [1.807, 2.05) is 0 Å². The van der Waals surface area contributed by atoms with Gasteiger partial charge in [0.2, 0.25) is 0 Å². The summed E-state index contributed by atoms with van der Waals surface area (Å²) in [6.07, 6.45) is 0. The summed E-state index contributed by atoms with van der Waals surface area (Å²) in [4.78, 5) is 0. The van der Waals surface area contributed by atoms with Gasteiger partial charge in [-0.05, 0) is 17.7 Å². The Morgan fingerprint density at radius 1 is 1.31 bits per heavy atom. The maximum atomic E-state index is 12.8. The molecule has 90 valence electrons. The predicted molar refractivity (Wildman–Crippen MR) is 66.3 cm³/mol. The summed E-state index contributed by atoms with van der Waals surface area (Å²) in [7, 11) is 0. The third-order valence-corrected chi connectivity index (χ3v) is 2.54. The average molecular weight is 245 g/mol. The van der Waals surface area contributed by atoms with Crippen molar-refractivity contribution in [1.82, 2.24) is 10.6 Å². The van der Waals surface area contributed by atoms with E-state index >= 15 is 0 Å². The van der Waals surface area contributed by atoms with Crippen molar-refractivity contribution < 1.29 is 4.39 Å². The third-order valence-electron chi connectivity index (χ3n) is 2.18. The van der Waals surface area contributed by atoms with E-state index in [0.29, 0.717) is 17.6 Å². The lowest BCUT2D eigenvalue weighted by molar-refractivity contribution is 0.555. The molecule has 0 radical (unpaired) electrons. The molecule has 1 rings (SSSR count). The summed E-state index contributed by atoms with van der Waals surface area (Å²) in [5.41, 5.74) is 0.924. The molecule has 16 heavy (non-hydrogen) atoms. The Kier molecular flexibility index (Phi) is 5.74. The molecule has 0 amide bonds. The Labute approximate surface area is 101 Å². The topological polar surface area (TPSA) is 24.1 Å². The molecule has 0 saturated heterocycles. The SMILES string of the molecule is CC(C)NCCNCc1ccc(F)cc1Cl. The van der Waals surface area contributed by atoms with Gasteiger partial charge in [0, 0.05) is 30.7 Å². The first-order valence-electron chi connectivity index (χ1n) is 5.47. The molecular weight excluding hydrogens is 227 g/mol. The van der Waals surface area contributed by atoms with Crippen LogP contribution in [0.3, 0.4) is 0 Å².